The van der Waals surface area contributed by atoms with Gasteiger partial charge in [-0.25, -0.2) is 0 Å². The Kier molecular flexibility index (Phi) is 54.3. The van der Waals surface area contributed by atoms with Crippen LogP contribution in [0.3, 0.4) is 0 Å². The van der Waals surface area contributed by atoms with Crippen LogP contribution in [0.4, 0.5) is 0 Å². The fourth-order valence-electron chi connectivity index (χ4n) is 8.03. The second-order valence-corrected chi connectivity index (χ2v) is 19.2. The number of rotatable bonds is 52. The summed E-state index contributed by atoms with van der Waals surface area (Å²) in [7, 11) is 0. The van der Waals surface area contributed by atoms with E-state index >= 15 is 0 Å². The maximum absolute atomic E-state index is 12.9. The zero-order valence-electron chi connectivity index (χ0n) is 45.3. The molecule has 0 bridgehead atoms. The van der Waals surface area contributed by atoms with Gasteiger partial charge in [0.2, 0.25) is 0 Å². The summed E-state index contributed by atoms with van der Waals surface area (Å²) in [5.74, 6) is -0.930. The molecule has 1 atom stereocenters. The smallest absolute Gasteiger partial charge is 0.306 e. The number of hydrogen-bond acceptors (Lipinski definition) is 6. The summed E-state index contributed by atoms with van der Waals surface area (Å²) in [6, 6.07) is 0. The van der Waals surface area contributed by atoms with Crippen molar-refractivity contribution in [2.24, 2.45) is 0 Å². The molecule has 0 aromatic carbocycles. The van der Waals surface area contributed by atoms with Crippen LogP contribution < -0.4 is 0 Å². The van der Waals surface area contributed by atoms with Gasteiger partial charge in [-0.15, -0.1) is 0 Å². The van der Waals surface area contributed by atoms with Crippen LogP contribution in [-0.4, -0.2) is 37.2 Å². The summed E-state index contributed by atoms with van der Waals surface area (Å²) < 4.78 is 16.8. The molecule has 0 aliphatic rings. The van der Waals surface area contributed by atoms with Crippen LogP contribution in [-0.2, 0) is 28.6 Å². The Hall–Kier alpha value is -3.41. The Morgan fingerprint density at radius 1 is 0.304 bits per heavy atom. The largest absolute Gasteiger partial charge is 0.462 e. The molecule has 0 aliphatic carbocycles. The topological polar surface area (TPSA) is 78.9 Å². The molecule has 0 aromatic heterocycles. The van der Waals surface area contributed by atoms with E-state index in [9.17, 15) is 14.4 Å². The molecule has 0 saturated carbocycles. The average molecular weight is 962 g/mol. The number of unbranched alkanes of at least 4 members (excludes halogenated alkanes) is 27. The Labute approximate surface area is 426 Å². The van der Waals surface area contributed by atoms with Gasteiger partial charge < -0.3 is 14.2 Å². The fourth-order valence-corrected chi connectivity index (χ4v) is 8.03. The minimum atomic E-state index is -0.795. The quantitative estimate of drug-likeness (QED) is 0.0262. The SMILES string of the molecule is CC/C=C\C/C=C\C/C=C\C/C=C\C/C=C\CCCCCC(=O)OCC(COC(=O)CCCCCCC/C=C\C/C=C\CCCCC)OC(=O)CCCCCCCCCCCCCCCCCCC. The molecule has 6 nitrogen and oxygen atoms in total. The molecule has 0 rings (SSSR count). The number of allylic oxidation sites excluding steroid dienone is 14. The summed E-state index contributed by atoms with van der Waals surface area (Å²) in [6.45, 7) is 6.48. The lowest BCUT2D eigenvalue weighted by atomic mass is 10.0. The highest BCUT2D eigenvalue weighted by Gasteiger charge is 2.19. The van der Waals surface area contributed by atoms with Crippen LogP contribution in [0.25, 0.3) is 0 Å². The zero-order valence-corrected chi connectivity index (χ0v) is 45.3. The Balaban J connectivity index is 4.45. The van der Waals surface area contributed by atoms with E-state index < -0.39 is 6.10 Å². The van der Waals surface area contributed by atoms with Crippen molar-refractivity contribution in [2.45, 2.75) is 284 Å². The van der Waals surface area contributed by atoms with Crippen molar-refractivity contribution in [1.82, 2.24) is 0 Å². The highest BCUT2D eigenvalue weighted by Crippen LogP contribution is 2.16. The number of esters is 3. The number of hydrogen-bond donors (Lipinski definition) is 0. The molecular formula is C63H108O6. The predicted octanol–water partition coefficient (Wildman–Crippen LogP) is 19.5. The number of carbonyl (C=O) groups is 3. The van der Waals surface area contributed by atoms with Gasteiger partial charge in [-0.3, -0.25) is 14.4 Å². The third-order valence-corrected chi connectivity index (χ3v) is 12.4. The van der Waals surface area contributed by atoms with Crippen molar-refractivity contribution in [3.8, 4) is 0 Å². The highest BCUT2D eigenvalue weighted by molar-refractivity contribution is 5.71. The fraction of sp³-hybridized carbons (Fsp3) is 0.730. The van der Waals surface area contributed by atoms with Gasteiger partial charge >= 0.3 is 17.9 Å². The van der Waals surface area contributed by atoms with Crippen LogP contribution in [0.1, 0.15) is 278 Å². The maximum Gasteiger partial charge on any atom is 0.306 e. The lowest BCUT2D eigenvalue weighted by Crippen LogP contribution is -2.30. The first-order valence-corrected chi connectivity index (χ1v) is 29.1. The first kappa shape index (κ1) is 65.6. The molecule has 69 heavy (non-hydrogen) atoms. The molecule has 0 aromatic rings. The van der Waals surface area contributed by atoms with Gasteiger partial charge in [0.05, 0.1) is 0 Å². The molecule has 0 radical (unpaired) electrons. The van der Waals surface area contributed by atoms with E-state index in [-0.39, 0.29) is 31.1 Å². The summed E-state index contributed by atoms with van der Waals surface area (Å²) in [4.78, 5) is 38.2. The van der Waals surface area contributed by atoms with E-state index in [1.807, 2.05) is 0 Å². The third kappa shape index (κ3) is 55.4. The van der Waals surface area contributed by atoms with E-state index in [2.05, 4.69) is 106 Å². The van der Waals surface area contributed by atoms with E-state index in [1.54, 1.807) is 0 Å². The van der Waals surface area contributed by atoms with E-state index in [4.69, 9.17) is 14.2 Å². The third-order valence-electron chi connectivity index (χ3n) is 12.4. The Morgan fingerprint density at radius 2 is 0.565 bits per heavy atom. The molecule has 0 heterocycles. The van der Waals surface area contributed by atoms with Gasteiger partial charge in [-0.1, -0.05) is 247 Å². The normalized spacial score (nSPS) is 12.7. The first-order valence-electron chi connectivity index (χ1n) is 29.1. The molecule has 0 spiro atoms. The summed E-state index contributed by atoms with van der Waals surface area (Å²) >= 11 is 0. The standard InChI is InChI=1S/C63H108O6/c1-4-7-10-13-16-19-22-25-28-30-31-33-35-38-41-44-47-50-53-56-62(65)68-59-60(58-67-61(64)55-52-49-46-43-40-37-34-27-24-21-18-15-12-9-6-3)69-63(66)57-54-51-48-45-42-39-36-32-29-26-23-20-17-14-11-8-5-2/h7,10,16,18-19,21,25,27-28,31,33-34,38,41,60H,4-6,8-9,11-15,17,20,22-24,26,29-30,32,35-37,39-40,42-59H2,1-3H3/b10-7-,19-16-,21-18-,28-25-,33-31-,34-27-,41-38-. The van der Waals surface area contributed by atoms with Crippen LogP contribution >= 0.6 is 0 Å². The second kappa shape index (κ2) is 57.2. The van der Waals surface area contributed by atoms with Gasteiger partial charge in [0, 0.05) is 19.3 Å². The minimum absolute atomic E-state index is 0.0928. The van der Waals surface area contributed by atoms with Crippen molar-refractivity contribution in [2.75, 3.05) is 13.2 Å². The molecule has 0 N–H and O–H groups in total. The van der Waals surface area contributed by atoms with Crippen LogP contribution in [0, 0.1) is 0 Å². The molecule has 0 aliphatic heterocycles. The van der Waals surface area contributed by atoms with E-state index in [1.165, 1.54) is 116 Å². The summed E-state index contributed by atoms with van der Waals surface area (Å²) in [6.07, 6.45) is 74.3. The molecular weight excluding hydrogens is 853 g/mol. The van der Waals surface area contributed by atoms with Crippen molar-refractivity contribution in [3.05, 3.63) is 85.1 Å². The van der Waals surface area contributed by atoms with Crippen molar-refractivity contribution < 1.29 is 28.6 Å². The predicted molar refractivity (Wildman–Crippen MR) is 297 cm³/mol. The van der Waals surface area contributed by atoms with Gasteiger partial charge in [0.1, 0.15) is 13.2 Å². The first-order chi connectivity index (χ1) is 34.0. The molecule has 1 unspecified atom stereocenters. The monoisotopic (exact) mass is 961 g/mol. The number of carbonyl (C=O) groups excluding carboxylic acids is 3. The van der Waals surface area contributed by atoms with Gasteiger partial charge in [-0.05, 0) is 96.3 Å². The zero-order chi connectivity index (χ0) is 50.0. The molecule has 0 fully saturated rings. The maximum atomic E-state index is 12.9. The van der Waals surface area contributed by atoms with Crippen LogP contribution in [0.5, 0.6) is 0 Å². The summed E-state index contributed by atoms with van der Waals surface area (Å²) in [5, 5.41) is 0. The van der Waals surface area contributed by atoms with Crippen LogP contribution in [0.2, 0.25) is 0 Å². The number of ether oxygens (including phenoxy) is 3. The molecule has 0 saturated heterocycles. The molecule has 6 heteroatoms. The highest BCUT2D eigenvalue weighted by atomic mass is 16.6. The molecule has 0 amide bonds. The van der Waals surface area contributed by atoms with Crippen LogP contribution in [0.15, 0.2) is 85.1 Å². The lowest BCUT2D eigenvalue weighted by molar-refractivity contribution is -0.167. The van der Waals surface area contributed by atoms with Gasteiger partial charge in [-0.2, -0.15) is 0 Å². The van der Waals surface area contributed by atoms with Crippen molar-refractivity contribution in [3.63, 3.8) is 0 Å². The molecule has 396 valence electrons. The average Bonchev–Trinajstić information content (AvgIpc) is 3.35. The van der Waals surface area contributed by atoms with Crippen molar-refractivity contribution in [1.29, 1.82) is 0 Å². The Morgan fingerprint density at radius 3 is 0.928 bits per heavy atom. The summed E-state index contributed by atoms with van der Waals surface area (Å²) in [5.41, 5.74) is 0. The lowest BCUT2D eigenvalue weighted by Gasteiger charge is -2.18. The van der Waals surface area contributed by atoms with Crippen molar-refractivity contribution >= 4 is 17.9 Å². The van der Waals surface area contributed by atoms with E-state index in [0.29, 0.717) is 19.3 Å². The van der Waals surface area contributed by atoms with Gasteiger partial charge in [0.15, 0.2) is 6.10 Å². The van der Waals surface area contributed by atoms with Gasteiger partial charge in [0.25, 0.3) is 0 Å². The second-order valence-electron chi connectivity index (χ2n) is 19.2. The van der Waals surface area contributed by atoms with E-state index in [0.717, 1.165) is 122 Å². The minimum Gasteiger partial charge on any atom is -0.462 e. The Bertz CT molecular complexity index is 1330.